The molecule has 3 nitrogen and oxygen atoms in total. The van der Waals surface area contributed by atoms with Gasteiger partial charge in [-0.2, -0.15) is 0 Å². The Hall–Kier alpha value is -0.570. The molecule has 2 aliphatic rings. The van der Waals surface area contributed by atoms with Gasteiger partial charge in [0.15, 0.2) is 0 Å². The van der Waals surface area contributed by atoms with Gasteiger partial charge in [-0.25, -0.2) is 0 Å². The lowest BCUT2D eigenvalue weighted by atomic mass is 10.0. The van der Waals surface area contributed by atoms with E-state index in [1.54, 1.807) is 0 Å². The molecule has 1 amide bonds. The van der Waals surface area contributed by atoms with E-state index in [0.29, 0.717) is 18.1 Å². The van der Waals surface area contributed by atoms with Gasteiger partial charge in [0, 0.05) is 18.1 Å². The molecule has 2 rings (SSSR count). The average Bonchev–Trinajstić information content (AvgIpc) is 2.32. The number of nitrogens with one attached hydrogen (secondary N) is 2. The molecule has 1 unspecified atom stereocenters. The lowest BCUT2D eigenvalue weighted by molar-refractivity contribution is -0.110. The lowest BCUT2D eigenvalue weighted by Crippen LogP contribution is -2.45. The van der Waals surface area contributed by atoms with Gasteiger partial charge in [0.1, 0.15) is 0 Å². The SMILES string of the molecule is O=CNC1C[C@H]2CC[C@@H](C1)N2. The molecule has 2 fully saturated rings. The first-order chi connectivity index (χ1) is 5.38. The van der Waals surface area contributed by atoms with Crippen LogP contribution in [0, 0.1) is 0 Å². The maximum absolute atomic E-state index is 10.2. The number of rotatable bonds is 2. The molecular formula is C8H14N2O. The van der Waals surface area contributed by atoms with E-state index in [0.717, 1.165) is 19.3 Å². The monoisotopic (exact) mass is 154 g/mol. The molecule has 0 spiro atoms. The third-order valence-electron chi connectivity index (χ3n) is 2.78. The van der Waals surface area contributed by atoms with E-state index < -0.39 is 0 Å². The summed E-state index contributed by atoms with van der Waals surface area (Å²) < 4.78 is 0. The topological polar surface area (TPSA) is 41.1 Å². The summed E-state index contributed by atoms with van der Waals surface area (Å²) in [6.45, 7) is 0. The minimum Gasteiger partial charge on any atom is -0.356 e. The Labute approximate surface area is 66.5 Å². The number of hydrogen-bond donors (Lipinski definition) is 2. The van der Waals surface area contributed by atoms with Crippen LogP contribution in [0.3, 0.4) is 0 Å². The third-order valence-corrected chi connectivity index (χ3v) is 2.78. The van der Waals surface area contributed by atoms with Crippen molar-refractivity contribution in [1.82, 2.24) is 10.6 Å². The second kappa shape index (κ2) is 2.81. The average molecular weight is 154 g/mol. The molecule has 2 aliphatic heterocycles. The van der Waals surface area contributed by atoms with Gasteiger partial charge in [0.05, 0.1) is 0 Å². The van der Waals surface area contributed by atoms with Crippen LogP contribution in [-0.4, -0.2) is 24.5 Å². The maximum atomic E-state index is 10.2. The molecule has 0 aromatic rings. The van der Waals surface area contributed by atoms with Crippen LogP contribution in [0.25, 0.3) is 0 Å². The molecular weight excluding hydrogens is 140 g/mol. The summed E-state index contributed by atoms with van der Waals surface area (Å²) in [5.41, 5.74) is 0. The van der Waals surface area contributed by atoms with E-state index >= 15 is 0 Å². The first-order valence-corrected chi connectivity index (χ1v) is 4.34. The highest BCUT2D eigenvalue weighted by molar-refractivity contribution is 5.46. The van der Waals surface area contributed by atoms with Crippen molar-refractivity contribution in [3.8, 4) is 0 Å². The van der Waals surface area contributed by atoms with Gasteiger partial charge in [-0.15, -0.1) is 0 Å². The summed E-state index contributed by atoms with van der Waals surface area (Å²) in [6, 6.07) is 1.78. The van der Waals surface area contributed by atoms with Crippen LogP contribution in [0.2, 0.25) is 0 Å². The minimum atomic E-state index is 0.436. The Kier molecular flexibility index (Phi) is 1.82. The number of piperidine rings is 1. The molecule has 62 valence electrons. The second-order valence-corrected chi connectivity index (χ2v) is 3.59. The van der Waals surface area contributed by atoms with Crippen LogP contribution in [0.1, 0.15) is 25.7 Å². The van der Waals surface area contributed by atoms with E-state index in [2.05, 4.69) is 10.6 Å². The molecule has 2 N–H and O–H groups in total. The van der Waals surface area contributed by atoms with Crippen LogP contribution in [0.5, 0.6) is 0 Å². The van der Waals surface area contributed by atoms with Crippen molar-refractivity contribution in [2.24, 2.45) is 0 Å². The fourth-order valence-electron chi connectivity index (χ4n) is 2.29. The van der Waals surface area contributed by atoms with Crippen LogP contribution in [0.15, 0.2) is 0 Å². The van der Waals surface area contributed by atoms with E-state index in [-0.39, 0.29) is 0 Å². The van der Waals surface area contributed by atoms with Gasteiger partial charge >= 0.3 is 0 Å². The van der Waals surface area contributed by atoms with Gasteiger partial charge in [-0.1, -0.05) is 0 Å². The fraction of sp³-hybridized carbons (Fsp3) is 0.875. The number of hydrogen-bond acceptors (Lipinski definition) is 2. The molecule has 3 heteroatoms. The minimum absolute atomic E-state index is 0.436. The van der Waals surface area contributed by atoms with Crippen LogP contribution < -0.4 is 10.6 Å². The highest BCUT2D eigenvalue weighted by Gasteiger charge is 2.32. The Balaban J connectivity index is 1.91. The molecule has 2 saturated heterocycles. The highest BCUT2D eigenvalue weighted by Crippen LogP contribution is 2.26. The predicted molar refractivity (Wildman–Crippen MR) is 42.2 cm³/mol. The summed E-state index contributed by atoms with van der Waals surface area (Å²) in [5, 5.41) is 6.39. The quantitative estimate of drug-likeness (QED) is 0.550. The molecule has 0 saturated carbocycles. The Bertz CT molecular complexity index is 148. The highest BCUT2D eigenvalue weighted by atomic mass is 16.1. The Morgan fingerprint density at radius 2 is 1.91 bits per heavy atom. The zero-order valence-electron chi connectivity index (χ0n) is 6.55. The smallest absolute Gasteiger partial charge is 0.207 e. The van der Waals surface area contributed by atoms with E-state index in [4.69, 9.17) is 0 Å². The summed E-state index contributed by atoms with van der Waals surface area (Å²) >= 11 is 0. The second-order valence-electron chi connectivity index (χ2n) is 3.59. The number of amides is 1. The lowest BCUT2D eigenvalue weighted by Gasteiger charge is -2.28. The summed E-state index contributed by atoms with van der Waals surface area (Å²) in [6.07, 6.45) is 5.66. The first kappa shape index (κ1) is 7.10. The molecule has 0 radical (unpaired) electrons. The maximum Gasteiger partial charge on any atom is 0.207 e. The molecule has 11 heavy (non-hydrogen) atoms. The van der Waals surface area contributed by atoms with E-state index in [1.165, 1.54) is 12.8 Å². The zero-order chi connectivity index (χ0) is 7.68. The first-order valence-electron chi connectivity index (χ1n) is 4.34. The molecule has 0 aromatic carbocycles. The predicted octanol–water partition coefficient (Wildman–Crippen LogP) is 0.0154. The van der Waals surface area contributed by atoms with Crippen LogP contribution >= 0.6 is 0 Å². The number of fused-ring (bicyclic) bond motifs is 2. The fourth-order valence-corrected chi connectivity index (χ4v) is 2.29. The summed E-state index contributed by atoms with van der Waals surface area (Å²) in [4.78, 5) is 10.2. The summed E-state index contributed by atoms with van der Waals surface area (Å²) in [7, 11) is 0. The Morgan fingerprint density at radius 1 is 1.27 bits per heavy atom. The van der Waals surface area contributed by atoms with E-state index in [9.17, 15) is 4.79 Å². The van der Waals surface area contributed by atoms with Crippen molar-refractivity contribution in [2.75, 3.05) is 0 Å². The largest absolute Gasteiger partial charge is 0.356 e. The van der Waals surface area contributed by atoms with Gasteiger partial charge in [0.25, 0.3) is 0 Å². The van der Waals surface area contributed by atoms with Crippen molar-refractivity contribution in [1.29, 1.82) is 0 Å². The van der Waals surface area contributed by atoms with Crippen LogP contribution in [-0.2, 0) is 4.79 Å². The van der Waals surface area contributed by atoms with Crippen molar-refractivity contribution >= 4 is 6.41 Å². The molecule has 2 bridgehead atoms. The molecule has 3 atom stereocenters. The van der Waals surface area contributed by atoms with Crippen LogP contribution in [0.4, 0.5) is 0 Å². The van der Waals surface area contributed by atoms with Crippen molar-refractivity contribution in [2.45, 2.75) is 43.8 Å². The molecule has 2 heterocycles. The standard InChI is InChI=1S/C8H14N2O/c11-5-9-8-3-6-1-2-7(4-8)10-6/h5-8,10H,1-4H2,(H,9,11)/t6-,7+,8?. The number of carbonyl (C=O) groups excluding carboxylic acids is 1. The van der Waals surface area contributed by atoms with E-state index in [1.807, 2.05) is 0 Å². The van der Waals surface area contributed by atoms with Crippen molar-refractivity contribution < 1.29 is 4.79 Å². The summed E-state index contributed by atoms with van der Waals surface area (Å²) in [5.74, 6) is 0. The Morgan fingerprint density at radius 3 is 2.45 bits per heavy atom. The van der Waals surface area contributed by atoms with Gasteiger partial charge in [-0.05, 0) is 25.7 Å². The zero-order valence-corrected chi connectivity index (χ0v) is 6.55. The van der Waals surface area contributed by atoms with Crippen molar-refractivity contribution in [3.05, 3.63) is 0 Å². The molecule has 0 aromatic heterocycles. The van der Waals surface area contributed by atoms with Crippen molar-refractivity contribution in [3.63, 3.8) is 0 Å². The van der Waals surface area contributed by atoms with Gasteiger partial charge in [-0.3, -0.25) is 4.79 Å². The van der Waals surface area contributed by atoms with Gasteiger partial charge < -0.3 is 10.6 Å². The molecule has 0 aliphatic carbocycles. The normalized spacial score (nSPS) is 42.0. The number of carbonyl (C=O) groups is 1. The van der Waals surface area contributed by atoms with Gasteiger partial charge in [0.2, 0.25) is 6.41 Å². The third kappa shape index (κ3) is 1.38.